The Morgan fingerprint density at radius 2 is 2.10 bits per heavy atom. The van der Waals surface area contributed by atoms with Gasteiger partial charge in [-0.3, -0.25) is 4.79 Å². The minimum Gasteiger partial charge on any atom is -0.465 e. The molecule has 6 nitrogen and oxygen atoms in total. The quantitative estimate of drug-likeness (QED) is 0.737. The number of ether oxygens (including phenoxy) is 1. The molecule has 0 bridgehead atoms. The van der Waals surface area contributed by atoms with Crippen LogP contribution in [0.3, 0.4) is 0 Å². The van der Waals surface area contributed by atoms with Gasteiger partial charge in [-0.2, -0.15) is 4.31 Å². The smallest absolute Gasteiger partial charge is 0.322 e. The van der Waals surface area contributed by atoms with Crippen molar-refractivity contribution in [2.45, 2.75) is 58.1 Å². The van der Waals surface area contributed by atoms with E-state index < -0.39 is 27.8 Å². The highest BCUT2D eigenvalue weighted by Gasteiger charge is 2.33. The molecule has 0 aromatic heterocycles. The number of nitrogens with zero attached hydrogens (tertiary/aromatic N) is 1. The second kappa shape index (κ2) is 7.95. The standard InChI is InChI=1S/C13H25NO5S/c1-3-19-13(16)10-20(17,18)14-8-6-4-5-7-12(14)9-11(2)15/h11-12,15H,3-10H2,1-2H3. The Bertz CT molecular complexity index is 407. The van der Waals surface area contributed by atoms with Gasteiger partial charge in [0.15, 0.2) is 5.75 Å². The molecule has 2 atom stereocenters. The van der Waals surface area contributed by atoms with Gasteiger partial charge in [0.2, 0.25) is 10.0 Å². The van der Waals surface area contributed by atoms with Gasteiger partial charge in [-0.05, 0) is 33.1 Å². The molecule has 1 saturated heterocycles. The summed E-state index contributed by atoms with van der Waals surface area (Å²) in [6.07, 6.45) is 3.29. The number of hydrogen-bond donors (Lipinski definition) is 1. The fourth-order valence-electron chi connectivity index (χ4n) is 2.58. The predicted molar refractivity (Wildman–Crippen MR) is 75.7 cm³/mol. The fraction of sp³-hybridized carbons (Fsp3) is 0.923. The molecule has 20 heavy (non-hydrogen) atoms. The SMILES string of the molecule is CCOC(=O)CS(=O)(=O)N1CCCCCC1CC(C)O. The maximum Gasteiger partial charge on any atom is 0.322 e. The van der Waals surface area contributed by atoms with Crippen LogP contribution in [0.2, 0.25) is 0 Å². The van der Waals surface area contributed by atoms with Crippen molar-refractivity contribution in [2.75, 3.05) is 18.9 Å². The summed E-state index contributed by atoms with van der Waals surface area (Å²) < 4.78 is 30.8. The lowest BCUT2D eigenvalue weighted by atomic mass is 10.1. The summed E-state index contributed by atoms with van der Waals surface area (Å²) in [4.78, 5) is 11.4. The normalized spacial score (nSPS) is 23.1. The van der Waals surface area contributed by atoms with E-state index in [1.807, 2.05) is 0 Å². The second-order valence-electron chi connectivity index (χ2n) is 5.26. The van der Waals surface area contributed by atoms with Crippen molar-refractivity contribution in [3.05, 3.63) is 0 Å². The Hall–Kier alpha value is -0.660. The van der Waals surface area contributed by atoms with E-state index in [9.17, 15) is 18.3 Å². The molecule has 0 radical (unpaired) electrons. The third kappa shape index (κ3) is 5.38. The molecule has 1 N–H and O–H groups in total. The predicted octanol–water partition coefficient (Wildman–Crippen LogP) is 0.895. The number of rotatable bonds is 6. The summed E-state index contributed by atoms with van der Waals surface area (Å²) in [7, 11) is -3.68. The molecule has 2 unspecified atom stereocenters. The number of carbonyl (C=O) groups excluding carboxylic acids is 1. The topological polar surface area (TPSA) is 83.9 Å². The molecule has 0 amide bonds. The molecule has 0 aliphatic carbocycles. The Labute approximate surface area is 121 Å². The van der Waals surface area contributed by atoms with Gasteiger partial charge in [0.05, 0.1) is 12.7 Å². The first-order valence-electron chi connectivity index (χ1n) is 7.20. The van der Waals surface area contributed by atoms with Gasteiger partial charge in [0.1, 0.15) is 0 Å². The first-order valence-corrected chi connectivity index (χ1v) is 8.81. The largest absolute Gasteiger partial charge is 0.465 e. The third-order valence-electron chi connectivity index (χ3n) is 3.40. The van der Waals surface area contributed by atoms with Crippen LogP contribution in [-0.2, 0) is 19.6 Å². The molecule has 0 saturated carbocycles. The van der Waals surface area contributed by atoms with Gasteiger partial charge in [0, 0.05) is 12.6 Å². The van der Waals surface area contributed by atoms with Crippen LogP contribution in [0.15, 0.2) is 0 Å². The van der Waals surface area contributed by atoms with Crippen LogP contribution in [0, 0.1) is 0 Å². The van der Waals surface area contributed by atoms with E-state index in [0.717, 1.165) is 25.7 Å². The minimum atomic E-state index is -3.68. The molecule has 1 aliphatic heterocycles. The van der Waals surface area contributed by atoms with Crippen LogP contribution in [0.25, 0.3) is 0 Å². The minimum absolute atomic E-state index is 0.172. The van der Waals surface area contributed by atoms with Crippen molar-refractivity contribution >= 4 is 16.0 Å². The number of esters is 1. The zero-order valence-electron chi connectivity index (χ0n) is 12.2. The number of carbonyl (C=O) groups is 1. The zero-order valence-corrected chi connectivity index (χ0v) is 13.1. The highest BCUT2D eigenvalue weighted by atomic mass is 32.2. The summed E-state index contributed by atoms with van der Waals surface area (Å²) in [6, 6.07) is -0.225. The van der Waals surface area contributed by atoms with Crippen LogP contribution in [0.5, 0.6) is 0 Å². The third-order valence-corrected chi connectivity index (χ3v) is 5.19. The summed E-state index contributed by atoms with van der Waals surface area (Å²) in [5.41, 5.74) is 0. The zero-order chi connectivity index (χ0) is 15.2. The first kappa shape index (κ1) is 17.4. The molecule has 0 spiro atoms. The van der Waals surface area contributed by atoms with Gasteiger partial charge >= 0.3 is 5.97 Å². The molecule has 7 heteroatoms. The highest BCUT2D eigenvalue weighted by molar-refractivity contribution is 7.89. The molecule has 0 aromatic carbocycles. The fourth-order valence-corrected chi connectivity index (χ4v) is 4.18. The molecule has 118 valence electrons. The van der Waals surface area contributed by atoms with Crippen LogP contribution in [0.1, 0.15) is 46.0 Å². The van der Waals surface area contributed by atoms with E-state index in [0.29, 0.717) is 13.0 Å². The van der Waals surface area contributed by atoms with E-state index in [2.05, 4.69) is 0 Å². The van der Waals surface area contributed by atoms with E-state index in [4.69, 9.17) is 4.74 Å². The number of hydrogen-bond acceptors (Lipinski definition) is 5. The van der Waals surface area contributed by atoms with E-state index in [-0.39, 0.29) is 12.6 Å². The molecular weight excluding hydrogens is 282 g/mol. The van der Waals surface area contributed by atoms with Crippen LogP contribution >= 0.6 is 0 Å². The molecule has 1 fully saturated rings. The number of sulfonamides is 1. The summed E-state index contributed by atoms with van der Waals surface area (Å²) in [6.45, 7) is 3.89. The molecule has 1 aliphatic rings. The van der Waals surface area contributed by atoms with E-state index in [1.54, 1.807) is 13.8 Å². The summed E-state index contributed by atoms with van der Waals surface area (Å²) in [5.74, 6) is -1.33. The Morgan fingerprint density at radius 3 is 2.70 bits per heavy atom. The number of aliphatic hydroxyl groups excluding tert-OH is 1. The second-order valence-corrected chi connectivity index (χ2v) is 7.18. The average molecular weight is 307 g/mol. The Kier molecular flexibility index (Phi) is 6.91. The van der Waals surface area contributed by atoms with Crippen molar-refractivity contribution in [1.29, 1.82) is 0 Å². The van der Waals surface area contributed by atoms with Crippen molar-refractivity contribution in [2.24, 2.45) is 0 Å². The van der Waals surface area contributed by atoms with Gasteiger partial charge in [-0.1, -0.05) is 12.8 Å². The van der Waals surface area contributed by atoms with Gasteiger partial charge in [0.25, 0.3) is 0 Å². The van der Waals surface area contributed by atoms with Crippen molar-refractivity contribution < 1.29 is 23.1 Å². The number of aliphatic hydroxyl groups is 1. The summed E-state index contributed by atoms with van der Waals surface area (Å²) >= 11 is 0. The highest BCUT2D eigenvalue weighted by Crippen LogP contribution is 2.23. The van der Waals surface area contributed by atoms with Crippen LogP contribution < -0.4 is 0 Å². The van der Waals surface area contributed by atoms with Crippen molar-refractivity contribution in [1.82, 2.24) is 4.31 Å². The van der Waals surface area contributed by atoms with Crippen LogP contribution in [0.4, 0.5) is 0 Å². The maximum absolute atomic E-state index is 12.4. The van der Waals surface area contributed by atoms with E-state index in [1.165, 1.54) is 4.31 Å². The van der Waals surface area contributed by atoms with Gasteiger partial charge < -0.3 is 9.84 Å². The van der Waals surface area contributed by atoms with Crippen molar-refractivity contribution in [3.63, 3.8) is 0 Å². The lowest BCUT2D eigenvalue weighted by Crippen LogP contribution is -2.44. The summed E-state index contributed by atoms with van der Waals surface area (Å²) in [5, 5.41) is 9.53. The van der Waals surface area contributed by atoms with Crippen LogP contribution in [-0.4, -0.2) is 54.8 Å². The lowest BCUT2D eigenvalue weighted by Gasteiger charge is -2.29. The molecule has 1 rings (SSSR count). The monoisotopic (exact) mass is 307 g/mol. The Morgan fingerprint density at radius 1 is 1.40 bits per heavy atom. The molecule has 0 aromatic rings. The lowest BCUT2D eigenvalue weighted by molar-refractivity contribution is -0.140. The van der Waals surface area contributed by atoms with Gasteiger partial charge in [-0.15, -0.1) is 0 Å². The molecule has 1 heterocycles. The first-order chi connectivity index (χ1) is 9.36. The maximum atomic E-state index is 12.4. The van der Waals surface area contributed by atoms with Crippen molar-refractivity contribution in [3.8, 4) is 0 Å². The average Bonchev–Trinajstić information content (AvgIpc) is 2.53. The molecular formula is C13H25NO5S. The Balaban J connectivity index is 2.82. The van der Waals surface area contributed by atoms with Gasteiger partial charge in [-0.25, -0.2) is 8.42 Å². The van der Waals surface area contributed by atoms with E-state index >= 15 is 0 Å².